The first-order valence-corrected chi connectivity index (χ1v) is 6.84. The summed E-state index contributed by atoms with van der Waals surface area (Å²) in [4.78, 5) is 11.9. The second kappa shape index (κ2) is 7.11. The molecule has 0 saturated carbocycles. The highest BCUT2D eigenvalue weighted by atomic mass is 16.1. The van der Waals surface area contributed by atoms with E-state index < -0.39 is 0 Å². The first kappa shape index (κ1) is 14.6. The fraction of sp³-hybridized carbons (Fsp3) is 0.176. The second-order valence-electron chi connectivity index (χ2n) is 4.61. The fourth-order valence-corrected chi connectivity index (χ4v) is 1.94. The summed E-state index contributed by atoms with van der Waals surface area (Å²) in [6.45, 7) is 2.21. The zero-order valence-corrected chi connectivity index (χ0v) is 11.9. The molecule has 0 heterocycles. The maximum Gasteiger partial charge on any atom is 0.243 e. The number of amides is 1. The number of rotatable bonds is 5. The molecular weight excluding hydrogens is 262 g/mol. The van der Waals surface area contributed by atoms with Crippen molar-refractivity contribution in [3.63, 3.8) is 0 Å². The molecule has 0 unspecified atom stereocenters. The fourth-order valence-electron chi connectivity index (χ4n) is 1.94. The Morgan fingerprint density at radius 3 is 2.52 bits per heavy atom. The van der Waals surface area contributed by atoms with Crippen LogP contribution in [0, 0.1) is 11.3 Å². The molecule has 1 amide bonds. The van der Waals surface area contributed by atoms with Gasteiger partial charge in [0.25, 0.3) is 0 Å². The highest BCUT2D eigenvalue weighted by molar-refractivity contribution is 5.93. The molecule has 2 rings (SSSR count). The molecule has 0 bridgehead atoms. The third kappa shape index (κ3) is 4.08. The van der Waals surface area contributed by atoms with E-state index in [1.54, 1.807) is 18.2 Å². The second-order valence-corrected chi connectivity index (χ2v) is 4.61. The summed E-state index contributed by atoms with van der Waals surface area (Å²) >= 11 is 0. The number of anilines is 2. The molecule has 0 saturated heterocycles. The summed E-state index contributed by atoms with van der Waals surface area (Å²) in [5, 5.41) is 14.8. The van der Waals surface area contributed by atoms with Crippen molar-refractivity contribution in [2.75, 3.05) is 17.2 Å². The number of aryl methyl sites for hydroxylation is 1. The summed E-state index contributed by atoms with van der Waals surface area (Å²) in [7, 11) is 0. The highest BCUT2D eigenvalue weighted by Gasteiger charge is 2.04. The van der Waals surface area contributed by atoms with Gasteiger partial charge in [-0.2, -0.15) is 5.26 Å². The standard InChI is InChI=1S/C17H17N3O/c1-2-13-7-9-15(10-8-13)20-17(21)12-19-16-6-4-3-5-14(16)11-18/h3-10,19H,2,12H2,1H3,(H,20,21). The number of hydrogen-bond donors (Lipinski definition) is 2. The van der Waals surface area contributed by atoms with Crippen molar-refractivity contribution in [2.45, 2.75) is 13.3 Å². The summed E-state index contributed by atoms with van der Waals surface area (Å²) in [6.07, 6.45) is 0.973. The smallest absolute Gasteiger partial charge is 0.243 e. The molecule has 2 aromatic carbocycles. The van der Waals surface area contributed by atoms with E-state index in [0.717, 1.165) is 12.1 Å². The summed E-state index contributed by atoms with van der Waals surface area (Å²) in [5.74, 6) is -0.146. The summed E-state index contributed by atoms with van der Waals surface area (Å²) in [5.41, 5.74) is 3.19. The Kier molecular flexibility index (Phi) is 4.94. The van der Waals surface area contributed by atoms with Gasteiger partial charge in [-0.15, -0.1) is 0 Å². The van der Waals surface area contributed by atoms with Crippen LogP contribution >= 0.6 is 0 Å². The van der Waals surface area contributed by atoms with Crippen LogP contribution in [-0.4, -0.2) is 12.5 Å². The average molecular weight is 279 g/mol. The number of carbonyl (C=O) groups is 1. The maximum atomic E-state index is 11.9. The van der Waals surface area contributed by atoms with Crippen LogP contribution in [0.2, 0.25) is 0 Å². The first-order chi connectivity index (χ1) is 10.2. The minimum absolute atomic E-state index is 0.119. The van der Waals surface area contributed by atoms with Gasteiger partial charge in [0.2, 0.25) is 5.91 Å². The van der Waals surface area contributed by atoms with E-state index in [0.29, 0.717) is 11.3 Å². The van der Waals surface area contributed by atoms with Crippen LogP contribution < -0.4 is 10.6 Å². The van der Waals surface area contributed by atoms with Crippen molar-refractivity contribution in [1.82, 2.24) is 0 Å². The maximum absolute atomic E-state index is 11.9. The van der Waals surface area contributed by atoms with Gasteiger partial charge in [-0.1, -0.05) is 31.2 Å². The topological polar surface area (TPSA) is 64.9 Å². The largest absolute Gasteiger partial charge is 0.375 e. The van der Waals surface area contributed by atoms with E-state index in [1.165, 1.54) is 5.56 Å². The Labute approximate surface area is 124 Å². The molecule has 0 aliphatic heterocycles. The third-order valence-corrected chi connectivity index (χ3v) is 3.13. The molecule has 0 aromatic heterocycles. The van der Waals surface area contributed by atoms with Gasteiger partial charge in [0.15, 0.2) is 0 Å². The lowest BCUT2D eigenvalue weighted by Crippen LogP contribution is -2.22. The average Bonchev–Trinajstić information content (AvgIpc) is 2.54. The predicted molar refractivity (Wildman–Crippen MR) is 84.1 cm³/mol. The summed E-state index contributed by atoms with van der Waals surface area (Å²) in [6, 6.07) is 17.0. The van der Waals surface area contributed by atoms with Gasteiger partial charge in [-0.05, 0) is 36.2 Å². The molecule has 0 atom stereocenters. The Balaban J connectivity index is 1.91. The monoisotopic (exact) mass is 279 g/mol. The Morgan fingerprint density at radius 2 is 1.86 bits per heavy atom. The Bertz CT molecular complexity index is 656. The van der Waals surface area contributed by atoms with Crippen molar-refractivity contribution in [1.29, 1.82) is 5.26 Å². The molecule has 106 valence electrons. The van der Waals surface area contributed by atoms with Crippen molar-refractivity contribution in [3.05, 3.63) is 59.7 Å². The lowest BCUT2D eigenvalue weighted by atomic mass is 10.1. The van der Waals surface area contributed by atoms with Crippen LogP contribution in [0.3, 0.4) is 0 Å². The van der Waals surface area contributed by atoms with Gasteiger partial charge >= 0.3 is 0 Å². The zero-order valence-electron chi connectivity index (χ0n) is 11.9. The molecular formula is C17H17N3O. The van der Waals surface area contributed by atoms with E-state index in [4.69, 9.17) is 5.26 Å². The van der Waals surface area contributed by atoms with Gasteiger partial charge in [-0.3, -0.25) is 4.79 Å². The lowest BCUT2D eigenvalue weighted by Gasteiger charge is -2.09. The predicted octanol–water partition coefficient (Wildman–Crippen LogP) is 3.17. The highest BCUT2D eigenvalue weighted by Crippen LogP contribution is 2.13. The molecule has 4 heteroatoms. The number of nitrogens with one attached hydrogen (secondary N) is 2. The SMILES string of the molecule is CCc1ccc(NC(=O)CNc2ccccc2C#N)cc1. The molecule has 0 spiro atoms. The zero-order chi connectivity index (χ0) is 15.1. The number of carbonyl (C=O) groups excluding carboxylic acids is 1. The van der Waals surface area contributed by atoms with E-state index >= 15 is 0 Å². The third-order valence-electron chi connectivity index (χ3n) is 3.13. The van der Waals surface area contributed by atoms with E-state index in [9.17, 15) is 4.79 Å². The number of nitriles is 1. The van der Waals surface area contributed by atoms with Crippen LogP contribution in [0.1, 0.15) is 18.1 Å². The van der Waals surface area contributed by atoms with Crippen molar-refractivity contribution in [3.8, 4) is 6.07 Å². The lowest BCUT2D eigenvalue weighted by molar-refractivity contribution is -0.114. The van der Waals surface area contributed by atoms with Crippen LogP contribution in [0.25, 0.3) is 0 Å². The van der Waals surface area contributed by atoms with Gasteiger partial charge in [-0.25, -0.2) is 0 Å². The number of para-hydroxylation sites is 1. The minimum atomic E-state index is -0.146. The van der Waals surface area contributed by atoms with Crippen LogP contribution in [0.15, 0.2) is 48.5 Å². The summed E-state index contributed by atoms with van der Waals surface area (Å²) < 4.78 is 0. The van der Waals surface area contributed by atoms with Crippen LogP contribution in [-0.2, 0) is 11.2 Å². The van der Waals surface area contributed by atoms with Gasteiger partial charge in [0, 0.05) is 5.69 Å². The van der Waals surface area contributed by atoms with Crippen molar-refractivity contribution in [2.24, 2.45) is 0 Å². The van der Waals surface area contributed by atoms with E-state index in [2.05, 4.69) is 23.6 Å². The van der Waals surface area contributed by atoms with E-state index in [1.807, 2.05) is 30.3 Å². The molecule has 2 aromatic rings. The number of nitrogens with zero attached hydrogens (tertiary/aromatic N) is 1. The Hall–Kier alpha value is -2.80. The normalized spacial score (nSPS) is 9.71. The van der Waals surface area contributed by atoms with Gasteiger partial charge in [0.1, 0.15) is 6.07 Å². The molecule has 0 aliphatic rings. The van der Waals surface area contributed by atoms with Crippen LogP contribution in [0.5, 0.6) is 0 Å². The molecule has 4 nitrogen and oxygen atoms in total. The number of benzene rings is 2. The molecule has 0 fully saturated rings. The first-order valence-electron chi connectivity index (χ1n) is 6.84. The molecule has 0 aliphatic carbocycles. The Morgan fingerprint density at radius 1 is 1.14 bits per heavy atom. The van der Waals surface area contributed by atoms with Gasteiger partial charge < -0.3 is 10.6 Å². The molecule has 2 N–H and O–H groups in total. The van der Waals surface area contributed by atoms with Crippen molar-refractivity contribution >= 4 is 17.3 Å². The van der Waals surface area contributed by atoms with Gasteiger partial charge in [0.05, 0.1) is 17.8 Å². The number of hydrogen-bond acceptors (Lipinski definition) is 3. The molecule has 0 radical (unpaired) electrons. The van der Waals surface area contributed by atoms with E-state index in [-0.39, 0.29) is 12.5 Å². The quantitative estimate of drug-likeness (QED) is 0.883. The van der Waals surface area contributed by atoms with Crippen molar-refractivity contribution < 1.29 is 4.79 Å². The molecule has 21 heavy (non-hydrogen) atoms. The van der Waals surface area contributed by atoms with Crippen LogP contribution in [0.4, 0.5) is 11.4 Å². The minimum Gasteiger partial charge on any atom is -0.375 e.